The fourth-order valence-electron chi connectivity index (χ4n) is 1.74. The normalized spacial score (nSPS) is 13.7. The van der Waals surface area contributed by atoms with Crippen molar-refractivity contribution in [3.63, 3.8) is 0 Å². The van der Waals surface area contributed by atoms with Crippen molar-refractivity contribution in [2.24, 2.45) is 20.4 Å². The number of rotatable bonds is 4. The van der Waals surface area contributed by atoms with Crippen LogP contribution in [0.2, 0.25) is 0 Å². The Morgan fingerprint density at radius 2 is 1.11 bits per heavy atom. The highest BCUT2D eigenvalue weighted by Gasteiger charge is 2.06. The Bertz CT molecular complexity index is 793. The first-order chi connectivity index (χ1) is 13.6. The molecule has 10 heteroatoms. The van der Waals surface area contributed by atoms with Crippen LogP contribution in [0.25, 0.3) is 0 Å². The maximum Gasteiger partial charge on any atom is 0.163 e. The molecule has 28 heavy (non-hydrogen) atoms. The van der Waals surface area contributed by atoms with Gasteiger partial charge in [-0.25, -0.2) is 0 Å². The summed E-state index contributed by atoms with van der Waals surface area (Å²) in [4.78, 5) is 8.55. The molecule has 2 heterocycles. The lowest BCUT2D eigenvalue weighted by molar-refractivity contribution is 1.21. The van der Waals surface area contributed by atoms with E-state index in [1.165, 1.54) is 45.1 Å². The predicted octanol–water partition coefficient (Wildman–Crippen LogP) is 5.44. The molecule has 2 rings (SSSR count). The van der Waals surface area contributed by atoms with E-state index in [-0.39, 0.29) is 0 Å². The van der Waals surface area contributed by atoms with Crippen molar-refractivity contribution in [2.75, 3.05) is 12.5 Å². The molecular weight excluding hydrogens is 429 g/mol. The van der Waals surface area contributed by atoms with Gasteiger partial charge >= 0.3 is 0 Å². The van der Waals surface area contributed by atoms with Gasteiger partial charge in [0.25, 0.3) is 0 Å². The van der Waals surface area contributed by atoms with Gasteiger partial charge in [-0.1, -0.05) is 12.1 Å². The molecule has 2 aromatic heterocycles. The van der Waals surface area contributed by atoms with Gasteiger partial charge in [0.05, 0.1) is 22.8 Å². The van der Waals surface area contributed by atoms with Gasteiger partial charge in [-0.05, 0) is 72.2 Å². The van der Waals surface area contributed by atoms with Gasteiger partial charge in [0.15, 0.2) is 8.75 Å². The Morgan fingerprint density at radius 3 is 1.43 bits per heavy atom. The molecule has 0 saturated heterocycles. The molecule has 6 nitrogen and oxygen atoms in total. The lowest BCUT2D eigenvalue weighted by Crippen LogP contribution is -1.97. The van der Waals surface area contributed by atoms with Crippen LogP contribution in [0.3, 0.4) is 0 Å². The average molecular weight is 449 g/mol. The molecule has 0 bridgehead atoms. The van der Waals surface area contributed by atoms with E-state index in [4.69, 9.17) is 0 Å². The number of hydrogen-bond donors (Lipinski definition) is 0. The van der Waals surface area contributed by atoms with Crippen molar-refractivity contribution in [2.45, 2.75) is 13.8 Å². The van der Waals surface area contributed by atoms with Crippen LogP contribution in [0.5, 0.6) is 0 Å². The number of thioether (sulfide) groups is 2. The van der Waals surface area contributed by atoms with Crippen LogP contribution in [0.1, 0.15) is 25.2 Å². The van der Waals surface area contributed by atoms with Gasteiger partial charge in [0.1, 0.15) is 0 Å². The summed E-state index contributed by atoms with van der Waals surface area (Å²) < 4.78 is 1.65. The van der Waals surface area contributed by atoms with Crippen molar-refractivity contribution < 1.29 is 0 Å². The summed E-state index contributed by atoms with van der Waals surface area (Å²) >= 11 is 3.07. The molecule has 0 unspecified atom stereocenters. The minimum absolute atomic E-state index is 0.770. The monoisotopic (exact) mass is 448 g/mol. The molecule has 2 aromatic rings. The minimum atomic E-state index is 0.770. The van der Waals surface area contributed by atoms with Crippen molar-refractivity contribution >= 4 is 65.3 Å². The smallest absolute Gasteiger partial charge is 0.163 e. The molecule has 0 fully saturated rings. The van der Waals surface area contributed by atoms with Crippen molar-refractivity contribution in [3.8, 4) is 0 Å². The Labute approximate surface area is 181 Å². The second kappa shape index (κ2) is 12.8. The van der Waals surface area contributed by atoms with E-state index in [9.17, 15) is 0 Å². The molecule has 0 saturated carbocycles. The first-order valence-corrected chi connectivity index (χ1v) is 12.7. The Kier molecular flexibility index (Phi) is 10.3. The zero-order chi connectivity index (χ0) is 20.2. The summed E-state index contributed by atoms with van der Waals surface area (Å²) in [6.45, 7) is 3.79. The molecule has 146 valence electrons. The zero-order valence-electron chi connectivity index (χ0n) is 15.9. The lowest BCUT2D eigenvalue weighted by Gasteiger charge is -2.02. The topological polar surface area (TPSA) is 75.2 Å². The van der Waals surface area contributed by atoms with Gasteiger partial charge in [-0.2, -0.15) is 10.2 Å². The Balaban J connectivity index is 2.02. The van der Waals surface area contributed by atoms with Gasteiger partial charge in [-0.15, -0.1) is 33.7 Å². The SMILES string of the molecule is CS/C(=N/N=C(\C)c1ccccn1)SS/C(=N/N=C(/C)c1ccccn1)SC. The first kappa shape index (κ1) is 22.7. The number of pyridine rings is 2. The standard InChI is InChI=1S/C18H20N6S4/c1-13(15-9-5-7-11-19-15)21-23-17(25-3)27-28-18(26-4)24-22-14(2)16-10-6-8-12-20-16/h5-12H,1-4H3/b21-13-,22-14+,23-17+,24-18-. The van der Waals surface area contributed by atoms with Crippen LogP contribution in [-0.2, 0) is 0 Å². The minimum Gasteiger partial charge on any atom is -0.255 e. The van der Waals surface area contributed by atoms with Crippen LogP contribution in [-0.4, -0.2) is 42.7 Å². The Hall–Kier alpha value is -1.62. The maximum absolute atomic E-state index is 4.33. The molecule has 0 spiro atoms. The molecule has 0 radical (unpaired) electrons. The molecule has 0 amide bonds. The average Bonchev–Trinajstić information content (AvgIpc) is 2.76. The van der Waals surface area contributed by atoms with E-state index in [0.29, 0.717) is 0 Å². The van der Waals surface area contributed by atoms with E-state index in [1.54, 1.807) is 12.4 Å². The Morgan fingerprint density at radius 1 is 0.679 bits per heavy atom. The second-order valence-electron chi connectivity index (χ2n) is 5.11. The molecule has 0 aromatic carbocycles. The quantitative estimate of drug-likeness (QED) is 0.268. The summed E-state index contributed by atoms with van der Waals surface area (Å²) in [7, 11) is 3.01. The van der Waals surface area contributed by atoms with Crippen LogP contribution in [0, 0.1) is 0 Å². The molecule has 0 aliphatic carbocycles. The van der Waals surface area contributed by atoms with Crippen LogP contribution in [0.4, 0.5) is 0 Å². The third-order valence-corrected chi connectivity index (χ3v) is 7.89. The summed E-state index contributed by atoms with van der Waals surface area (Å²) in [5.41, 5.74) is 3.17. The maximum atomic E-state index is 4.33. The number of hydrogen-bond acceptors (Lipinski definition) is 10. The highest BCUT2D eigenvalue weighted by molar-refractivity contribution is 8.93. The van der Waals surface area contributed by atoms with Crippen molar-refractivity contribution in [1.82, 2.24) is 9.97 Å². The third kappa shape index (κ3) is 7.78. The van der Waals surface area contributed by atoms with E-state index in [2.05, 4.69) is 30.4 Å². The number of nitrogens with zero attached hydrogens (tertiary/aromatic N) is 6. The first-order valence-electron chi connectivity index (χ1n) is 8.14. The fraction of sp³-hybridized carbons (Fsp3) is 0.222. The van der Waals surface area contributed by atoms with Crippen molar-refractivity contribution in [3.05, 3.63) is 60.2 Å². The van der Waals surface area contributed by atoms with E-state index >= 15 is 0 Å². The number of aromatic nitrogens is 2. The molecular formula is C18H20N6S4. The largest absolute Gasteiger partial charge is 0.255 e. The highest BCUT2D eigenvalue weighted by Crippen LogP contribution is 2.33. The molecule has 0 N–H and O–H groups in total. The van der Waals surface area contributed by atoms with E-state index < -0.39 is 0 Å². The van der Waals surface area contributed by atoms with Crippen LogP contribution < -0.4 is 0 Å². The molecule has 0 aliphatic rings. The van der Waals surface area contributed by atoms with Gasteiger partial charge < -0.3 is 0 Å². The fourth-order valence-corrected chi connectivity index (χ4v) is 5.29. The van der Waals surface area contributed by atoms with E-state index in [0.717, 1.165) is 31.6 Å². The van der Waals surface area contributed by atoms with Crippen molar-refractivity contribution in [1.29, 1.82) is 0 Å². The van der Waals surface area contributed by atoms with Crippen LogP contribution in [0.15, 0.2) is 69.2 Å². The molecule has 0 atom stereocenters. The summed E-state index contributed by atoms with van der Waals surface area (Å²) in [5.74, 6) is 0. The summed E-state index contributed by atoms with van der Waals surface area (Å²) in [6.07, 6.45) is 7.42. The van der Waals surface area contributed by atoms with Gasteiger partial charge in [0, 0.05) is 12.4 Å². The van der Waals surface area contributed by atoms with Crippen LogP contribution >= 0.6 is 45.1 Å². The predicted molar refractivity (Wildman–Crippen MR) is 130 cm³/mol. The summed E-state index contributed by atoms with van der Waals surface area (Å²) in [6, 6.07) is 11.4. The zero-order valence-corrected chi connectivity index (χ0v) is 19.2. The second-order valence-corrected chi connectivity index (χ2v) is 9.32. The van der Waals surface area contributed by atoms with Gasteiger partial charge in [-0.3, -0.25) is 9.97 Å². The summed E-state index contributed by atoms with van der Waals surface area (Å²) in [5, 5.41) is 17.2. The highest BCUT2D eigenvalue weighted by atomic mass is 33.1. The van der Waals surface area contributed by atoms with Gasteiger partial charge in [0.2, 0.25) is 0 Å². The lowest BCUT2D eigenvalue weighted by atomic mass is 10.3. The molecule has 0 aliphatic heterocycles. The van der Waals surface area contributed by atoms with E-state index in [1.807, 2.05) is 62.8 Å². The third-order valence-electron chi connectivity index (χ3n) is 3.17.